The molecular weight excluding hydrogens is 277 g/mol. The van der Waals surface area contributed by atoms with E-state index in [0.29, 0.717) is 21.7 Å². The molecule has 0 spiro atoms. The number of anilines is 1. The third-order valence-corrected chi connectivity index (χ3v) is 2.56. The molecule has 0 unspecified atom stereocenters. The average Bonchev–Trinajstić information content (AvgIpc) is 2.83. The van der Waals surface area contributed by atoms with Crippen molar-refractivity contribution in [2.75, 3.05) is 11.9 Å². The molecule has 1 amide bonds. The van der Waals surface area contributed by atoms with Crippen molar-refractivity contribution in [1.29, 1.82) is 0 Å². The number of H-pyrrole nitrogens is 1. The lowest BCUT2D eigenvalue weighted by Crippen LogP contribution is -2.20. The second-order valence-corrected chi connectivity index (χ2v) is 4.19. The van der Waals surface area contributed by atoms with Crippen molar-refractivity contribution in [3.63, 3.8) is 0 Å². The number of carbonyl (C=O) groups excluding carboxylic acids is 1. The van der Waals surface area contributed by atoms with Crippen LogP contribution in [0.5, 0.6) is 5.75 Å². The van der Waals surface area contributed by atoms with Crippen molar-refractivity contribution in [3.05, 3.63) is 40.6 Å². The maximum atomic E-state index is 11.5. The van der Waals surface area contributed by atoms with Gasteiger partial charge in [0.05, 0.1) is 5.02 Å². The van der Waals surface area contributed by atoms with Crippen LogP contribution in [-0.4, -0.2) is 22.5 Å². The highest BCUT2D eigenvalue weighted by Gasteiger charge is 2.07. The molecule has 5 nitrogen and oxygen atoms in total. The minimum atomic E-state index is -0.346. The number of nitrogens with one attached hydrogen (secondary N) is 2. The van der Waals surface area contributed by atoms with E-state index in [4.69, 9.17) is 27.9 Å². The first-order valence-electron chi connectivity index (χ1n) is 5.02. The Morgan fingerprint density at radius 3 is 3.00 bits per heavy atom. The fourth-order valence-electron chi connectivity index (χ4n) is 1.23. The van der Waals surface area contributed by atoms with Gasteiger partial charge in [-0.1, -0.05) is 23.2 Å². The molecular formula is C11H9Cl2N3O2. The summed E-state index contributed by atoms with van der Waals surface area (Å²) >= 11 is 11.7. The molecule has 0 saturated heterocycles. The number of ether oxygens (including phenoxy) is 1. The van der Waals surface area contributed by atoms with Crippen LogP contribution >= 0.6 is 23.2 Å². The van der Waals surface area contributed by atoms with E-state index in [2.05, 4.69) is 15.3 Å². The van der Waals surface area contributed by atoms with Gasteiger partial charge < -0.3 is 9.72 Å². The lowest BCUT2D eigenvalue weighted by atomic mass is 10.3. The van der Waals surface area contributed by atoms with Gasteiger partial charge in [-0.05, 0) is 12.1 Å². The molecule has 0 aliphatic rings. The highest BCUT2D eigenvalue weighted by atomic mass is 35.5. The van der Waals surface area contributed by atoms with Crippen LogP contribution in [0.1, 0.15) is 0 Å². The predicted molar refractivity (Wildman–Crippen MR) is 69.2 cm³/mol. The van der Waals surface area contributed by atoms with Crippen LogP contribution in [0, 0.1) is 0 Å². The third kappa shape index (κ3) is 3.38. The zero-order chi connectivity index (χ0) is 13.0. The van der Waals surface area contributed by atoms with Crippen LogP contribution in [-0.2, 0) is 4.79 Å². The minimum Gasteiger partial charge on any atom is -0.482 e. The number of amides is 1. The van der Waals surface area contributed by atoms with Crippen LogP contribution in [0.25, 0.3) is 0 Å². The monoisotopic (exact) mass is 285 g/mol. The van der Waals surface area contributed by atoms with Gasteiger partial charge in [0, 0.05) is 23.5 Å². The van der Waals surface area contributed by atoms with Gasteiger partial charge >= 0.3 is 0 Å². The van der Waals surface area contributed by atoms with E-state index in [9.17, 15) is 4.79 Å². The zero-order valence-electron chi connectivity index (χ0n) is 9.11. The Labute approximate surface area is 113 Å². The maximum absolute atomic E-state index is 11.5. The lowest BCUT2D eigenvalue weighted by Gasteiger charge is -2.07. The molecule has 2 N–H and O–H groups in total. The molecule has 0 aliphatic carbocycles. The summed E-state index contributed by atoms with van der Waals surface area (Å²) < 4.78 is 5.26. The van der Waals surface area contributed by atoms with Gasteiger partial charge in [-0.3, -0.25) is 10.1 Å². The van der Waals surface area contributed by atoms with Gasteiger partial charge in [0.2, 0.25) is 5.95 Å². The molecule has 0 radical (unpaired) electrons. The van der Waals surface area contributed by atoms with Gasteiger partial charge in [0.1, 0.15) is 5.75 Å². The van der Waals surface area contributed by atoms with Crippen molar-refractivity contribution in [1.82, 2.24) is 9.97 Å². The maximum Gasteiger partial charge on any atom is 0.264 e. The van der Waals surface area contributed by atoms with Gasteiger partial charge in [-0.15, -0.1) is 0 Å². The number of benzene rings is 1. The standard InChI is InChI=1S/C11H9Cl2N3O2/c12-7-1-2-8(13)9(5-7)18-6-10(17)16-11-14-3-4-15-11/h1-5H,6H2,(H2,14,15,16,17). The SMILES string of the molecule is O=C(COc1cc(Cl)ccc1Cl)Nc1ncc[nH]1. The number of aromatic nitrogens is 2. The molecule has 7 heteroatoms. The molecule has 1 heterocycles. The highest BCUT2D eigenvalue weighted by Crippen LogP contribution is 2.27. The number of carbonyl (C=O) groups is 1. The Bertz CT molecular complexity index is 543. The molecule has 94 valence electrons. The summed E-state index contributed by atoms with van der Waals surface area (Å²) in [6.45, 7) is -0.180. The molecule has 1 aromatic carbocycles. The quantitative estimate of drug-likeness (QED) is 0.908. The lowest BCUT2D eigenvalue weighted by molar-refractivity contribution is -0.118. The van der Waals surface area contributed by atoms with Gasteiger partial charge in [-0.25, -0.2) is 4.98 Å². The number of aromatic amines is 1. The number of hydrogen-bond donors (Lipinski definition) is 2. The van der Waals surface area contributed by atoms with Crippen molar-refractivity contribution < 1.29 is 9.53 Å². The number of nitrogens with zero attached hydrogens (tertiary/aromatic N) is 1. The van der Waals surface area contributed by atoms with Crippen molar-refractivity contribution >= 4 is 35.1 Å². The van der Waals surface area contributed by atoms with Gasteiger partial charge in [-0.2, -0.15) is 0 Å². The van der Waals surface area contributed by atoms with E-state index in [1.807, 2.05) is 0 Å². The van der Waals surface area contributed by atoms with Gasteiger partial charge in [0.15, 0.2) is 6.61 Å². The average molecular weight is 286 g/mol. The van der Waals surface area contributed by atoms with Crippen LogP contribution in [0.15, 0.2) is 30.6 Å². The minimum absolute atomic E-state index is 0.180. The Kier molecular flexibility index (Phi) is 4.07. The molecule has 0 fully saturated rings. The second-order valence-electron chi connectivity index (χ2n) is 3.35. The summed E-state index contributed by atoms with van der Waals surface area (Å²) in [7, 11) is 0. The molecule has 18 heavy (non-hydrogen) atoms. The summed E-state index contributed by atoms with van der Waals surface area (Å²) in [6, 6.07) is 4.79. The normalized spacial score (nSPS) is 10.1. The molecule has 1 aromatic heterocycles. The Morgan fingerprint density at radius 1 is 1.44 bits per heavy atom. The Balaban J connectivity index is 1.91. The van der Waals surface area contributed by atoms with Crippen LogP contribution < -0.4 is 10.1 Å². The second kappa shape index (κ2) is 5.75. The molecule has 2 aromatic rings. The van der Waals surface area contributed by atoms with E-state index in [0.717, 1.165) is 0 Å². The molecule has 2 rings (SSSR count). The summed E-state index contributed by atoms with van der Waals surface area (Å²) in [6.07, 6.45) is 3.13. The van der Waals surface area contributed by atoms with Crippen LogP contribution in [0.4, 0.5) is 5.95 Å². The fourth-order valence-corrected chi connectivity index (χ4v) is 1.57. The fraction of sp³-hybridized carbons (Fsp3) is 0.0909. The summed E-state index contributed by atoms with van der Waals surface area (Å²) in [5.74, 6) is 0.376. The van der Waals surface area contributed by atoms with E-state index >= 15 is 0 Å². The van der Waals surface area contributed by atoms with E-state index in [1.165, 1.54) is 6.20 Å². The molecule has 0 saturated carbocycles. The first-order valence-corrected chi connectivity index (χ1v) is 5.78. The number of imidazole rings is 1. The number of halogens is 2. The largest absolute Gasteiger partial charge is 0.482 e. The molecule has 0 atom stereocenters. The van der Waals surface area contributed by atoms with Crippen molar-refractivity contribution in [2.24, 2.45) is 0 Å². The van der Waals surface area contributed by atoms with Crippen molar-refractivity contribution in [2.45, 2.75) is 0 Å². The topological polar surface area (TPSA) is 67.0 Å². The van der Waals surface area contributed by atoms with Crippen molar-refractivity contribution in [3.8, 4) is 5.75 Å². The van der Waals surface area contributed by atoms with E-state index in [1.54, 1.807) is 24.4 Å². The number of hydrogen-bond acceptors (Lipinski definition) is 3. The Hall–Kier alpha value is -1.72. The highest BCUT2D eigenvalue weighted by molar-refractivity contribution is 6.34. The third-order valence-electron chi connectivity index (χ3n) is 2.01. The van der Waals surface area contributed by atoms with E-state index in [-0.39, 0.29) is 12.5 Å². The predicted octanol–water partition coefficient (Wildman–Crippen LogP) is 2.73. The summed E-state index contributed by atoms with van der Waals surface area (Å²) in [5, 5.41) is 3.40. The van der Waals surface area contributed by atoms with E-state index < -0.39 is 0 Å². The smallest absolute Gasteiger partial charge is 0.264 e. The summed E-state index contributed by atoms with van der Waals surface area (Å²) in [4.78, 5) is 18.1. The first kappa shape index (κ1) is 12.7. The van der Waals surface area contributed by atoms with Crippen LogP contribution in [0.2, 0.25) is 10.0 Å². The number of rotatable bonds is 4. The molecule has 0 aliphatic heterocycles. The molecule has 0 bridgehead atoms. The first-order chi connectivity index (χ1) is 8.65. The Morgan fingerprint density at radius 2 is 2.28 bits per heavy atom. The van der Waals surface area contributed by atoms with Crippen LogP contribution in [0.3, 0.4) is 0 Å². The van der Waals surface area contributed by atoms with Gasteiger partial charge in [0.25, 0.3) is 5.91 Å². The zero-order valence-corrected chi connectivity index (χ0v) is 10.6. The summed E-state index contributed by atoms with van der Waals surface area (Å²) in [5.41, 5.74) is 0.